The van der Waals surface area contributed by atoms with Gasteiger partial charge in [0, 0.05) is 13.6 Å². The maximum absolute atomic E-state index is 12.1. The number of aryl methyl sites for hydroxylation is 2. The number of anilines is 1. The summed E-state index contributed by atoms with van der Waals surface area (Å²) >= 11 is 0. The van der Waals surface area contributed by atoms with Gasteiger partial charge in [-0.2, -0.15) is 5.10 Å². The molecule has 0 aliphatic carbocycles. The lowest BCUT2D eigenvalue weighted by atomic mass is 9.90. The highest BCUT2D eigenvalue weighted by Gasteiger charge is 2.40. The number of nitrogens with one attached hydrogen (secondary N) is 1. The molecule has 1 aromatic heterocycles. The summed E-state index contributed by atoms with van der Waals surface area (Å²) in [4.78, 5) is 25.2. The van der Waals surface area contributed by atoms with Gasteiger partial charge in [0.05, 0.1) is 29.0 Å². The number of aromatic nitrogens is 2. The van der Waals surface area contributed by atoms with E-state index in [1.54, 1.807) is 11.6 Å². The quantitative estimate of drug-likeness (QED) is 0.856. The molecule has 7 heteroatoms. The second-order valence-electron chi connectivity index (χ2n) is 6.04. The first-order valence-corrected chi connectivity index (χ1v) is 6.99. The smallest absolute Gasteiger partial charge is 0.310 e. The third kappa shape index (κ3) is 3.07. The molecular weight excluding hydrogens is 272 g/mol. The van der Waals surface area contributed by atoms with E-state index in [1.807, 2.05) is 25.8 Å². The minimum atomic E-state index is -0.802. The number of carbonyl (C=O) groups is 2. The van der Waals surface area contributed by atoms with E-state index in [0.717, 1.165) is 17.1 Å². The van der Waals surface area contributed by atoms with Crippen molar-refractivity contribution < 1.29 is 14.7 Å². The van der Waals surface area contributed by atoms with Crippen molar-refractivity contribution in [1.29, 1.82) is 0 Å². The maximum Gasteiger partial charge on any atom is 0.310 e. The highest BCUT2D eigenvalue weighted by Crippen LogP contribution is 2.29. The van der Waals surface area contributed by atoms with Gasteiger partial charge in [0.1, 0.15) is 0 Å². The summed E-state index contributed by atoms with van der Waals surface area (Å²) in [5.41, 5.74) is 1.67. The molecule has 0 bridgehead atoms. The molecule has 2 heterocycles. The van der Waals surface area contributed by atoms with E-state index in [0.29, 0.717) is 19.5 Å². The Bertz CT molecular complexity index is 581. The van der Waals surface area contributed by atoms with Crippen molar-refractivity contribution in [1.82, 2.24) is 14.7 Å². The van der Waals surface area contributed by atoms with E-state index in [9.17, 15) is 14.7 Å². The molecule has 2 rings (SSSR count). The third-order valence-electron chi connectivity index (χ3n) is 4.21. The predicted molar refractivity (Wildman–Crippen MR) is 78.1 cm³/mol. The summed E-state index contributed by atoms with van der Waals surface area (Å²) in [7, 11) is 1.83. The topological polar surface area (TPSA) is 87.5 Å². The SMILES string of the molecule is Cc1nn(C)c(C)c1NC(=O)CN1CCC(C)(C(=O)O)C1. The van der Waals surface area contributed by atoms with Crippen molar-refractivity contribution in [2.24, 2.45) is 12.5 Å². The summed E-state index contributed by atoms with van der Waals surface area (Å²) in [6.45, 7) is 6.70. The lowest BCUT2D eigenvalue weighted by Gasteiger charge is -2.19. The predicted octanol–water partition coefficient (Wildman–Crippen LogP) is 0.772. The van der Waals surface area contributed by atoms with E-state index in [1.165, 1.54) is 0 Å². The molecule has 1 aromatic rings. The molecule has 1 atom stereocenters. The summed E-state index contributed by atoms with van der Waals surface area (Å²) < 4.78 is 1.72. The van der Waals surface area contributed by atoms with Gasteiger partial charge in [-0.05, 0) is 33.7 Å². The van der Waals surface area contributed by atoms with Crippen LogP contribution < -0.4 is 5.32 Å². The second-order valence-corrected chi connectivity index (χ2v) is 6.04. The molecule has 1 fully saturated rings. The van der Waals surface area contributed by atoms with Gasteiger partial charge < -0.3 is 10.4 Å². The van der Waals surface area contributed by atoms with Crippen LogP contribution in [0.2, 0.25) is 0 Å². The van der Waals surface area contributed by atoms with Gasteiger partial charge in [0.2, 0.25) is 5.91 Å². The number of aliphatic carboxylic acids is 1. The van der Waals surface area contributed by atoms with Crippen LogP contribution >= 0.6 is 0 Å². The van der Waals surface area contributed by atoms with Crippen LogP contribution in [0.15, 0.2) is 0 Å². The normalized spacial score (nSPS) is 22.5. The molecule has 0 aromatic carbocycles. The fourth-order valence-corrected chi connectivity index (χ4v) is 2.70. The van der Waals surface area contributed by atoms with E-state index in [4.69, 9.17) is 0 Å². The standard InChI is InChI=1S/C14H22N4O3/c1-9-12(10(2)17(4)16-9)15-11(19)7-18-6-5-14(3,8-18)13(20)21/h5-8H2,1-4H3,(H,15,19)(H,20,21). The molecular formula is C14H22N4O3. The number of amides is 1. The molecule has 0 radical (unpaired) electrons. The molecule has 1 saturated heterocycles. The zero-order chi connectivity index (χ0) is 15.8. The number of likely N-dealkylation sites (tertiary alicyclic amines) is 1. The Labute approximate surface area is 123 Å². The van der Waals surface area contributed by atoms with Crippen molar-refractivity contribution in [3.05, 3.63) is 11.4 Å². The molecule has 0 spiro atoms. The van der Waals surface area contributed by atoms with Crippen LogP contribution in [-0.2, 0) is 16.6 Å². The number of carbonyl (C=O) groups excluding carboxylic acids is 1. The Morgan fingerprint density at radius 2 is 2.10 bits per heavy atom. The summed E-state index contributed by atoms with van der Waals surface area (Å²) in [6.07, 6.45) is 0.570. The Balaban J connectivity index is 1.96. The lowest BCUT2D eigenvalue weighted by molar-refractivity contribution is -0.147. The molecule has 21 heavy (non-hydrogen) atoms. The van der Waals surface area contributed by atoms with E-state index < -0.39 is 11.4 Å². The highest BCUT2D eigenvalue weighted by molar-refractivity contribution is 5.93. The molecule has 1 unspecified atom stereocenters. The molecule has 0 saturated carbocycles. The number of hydrogen-bond acceptors (Lipinski definition) is 4. The molecule has 2 N–H and O–H groups in total. The van der Waals surface area contributed by atoms with Crippen LogP contribution in [0.3, 0.4) is 0 Å². The Morgan fingerprint density at radius 3 is 2.57 bits per heavy atom. The van der Waals surface area contributed by atoms with Crippen molar-refractivity contribution >= 4 is 17.6 Å². The van der Waals surface area contributed by atoms with Crippen LogP contribution in [-0.4, -0.2) is 51.3 Å². The zero-order valence-electron chi connectivity index (χ0n) is 12.9. The molecule has 1 amide bonds. The third-order valence-corrected chi connectivity index (χ3v) is 4.21. The summed E-state index contributed by atoms with van der Waals surface area (Å²) in [6, 6.07) is 0. The first-order valence-electron chi connectivity index (χ1n) is 6.99. The Kier molecular flexibility index (Phi) is 4.04. The number of nitrogens with zero attached hydrogens (tertiary/aromatic N) is 3. The molecule has 116 valence electrons. The molecule has 7 nitrogen and oxygen atoms in total. The van der Waals surface area contributed by atoms with E-state index in [2.05, 4.69) is 10.4 Å². The van der Waals surface area contributed by atoms with Gasteiger partial charge in [-0.15, -0.1) is 0 Å². The lowest BCUT2D eigenvalue weighted by Crippen LogP contribution is -2.36. The average Bonchev–Trinajstić information content (AvgIpc) is 2.87. The first kappa shape index (κ1) is 15.5. The minimum Gasteiger partial charge on any atom is -0.481 e. The monoisotopic (exact) mass is 294 g/mol. The number of carboxylic acid groups (broad SMARTS) is 1. The van der Waals surface area contributed by atoms with Crippen LogP contribution in [0.1, 0.15) is 24.7 Å². The van der Waals surface area contributed by atoms with Crippen molar-refractivity contribution in [3.63, 3.8) is 0 Å². The van der Waals surface area contributed by atoms with Gasteiger partial charge >= 0.3 is 5.97 Å². The van der Waals surface area contributed by atoms with Crippen molar-refractivity contribution in [2.45, 2.75) is 27.2 Å². The average molecular weight is 294 g/mol. The highest BCUT2D eigenvalue weighted by atomic mass is 16.4. The Hall–Kier alpha value is -1.89. The van der Waals surface area contributed by atoms with Gasteiger partial charge in [-0.1, -0.05) is 0 Å². The largest absolute Gasteiger partial charge is 0.481 e. The number of hydrogen-bond donors (Lipinski definition) is 2. The summed E-state index contributed by atoms with van der Waals surface area (Å²) in [5.74, 6) is -0.937. The van der Waals surface area contributed by atoms with Crippen molar-refractivity contribution in [3.8, 4) is 0 Å². The van der Waals surface area contributed by atoms with E-state index in [-0.39, 0.29) is 12.5 Å². The number of rotatable bonds is 4. The van der Waals surface area contributed by atoms with Crippen LogP contribution in [0.25, 0.3) is 0 Å². The molecule has 1 aliphatic heterocycles. The number of carboxylic acids is 1. The fraction of sp³-hybridized carbons (Fsp3) is 0.643. The summed E-state index contributed by atoms with van der Waals surface area (Å²) in [5, 5.41) is 16.3. The van der Waals surface area contributed by atoms with Crippen LogP contribution in [0.5, 0.6) is 0 Å². The second kappa shape index (κ2) is 5.48. The van der Waals surface area contributed by atoms with Gasteiger partial charge in [0.15, 0.2) is 0 Å². The van der Waals surface area contributed by atoms with Gasteiger partial charge in [-0.25, -0.2) is 0 Å². The zero-order valence-corrected chi connectivity index (χ0v) is 12.9. The Morgan fingerprint density at radius 1 is 1.43 bits per heavy atom. The van der Waals surface area contributed by atoms with Crippen LogP contribution in [0.4, 0.5) is 5.69 Å². The minimum absolute atomic E-state index is 0.135. The van der Waals surface area contributed by atoms with Crippen LogP contribution in [0, 0.1) is 19.3 Å². The molecule has 1 aliphatic rings. The fourth-order valence-electron chi connectivity index (χ4n) is 2.70. The van der Waals surface area contributed by atoms with Crippen molar-refractivity contribution in [2.75, 3.05) is 25.0 Å². The first-order chi connectivity index (χ1) is 9.73. The van der Waals surface area contributed by atoms with Gasteiger partial charge in [-0.3, -0.25) is 19.2 Å². The maximum atomic E-state index is 12.1. The van der Waals surface area contributed by atoms with E-state index >= 15 is 0 Å². The van der Waals surface area contributed by atoms with Gasteiger partial charge in [0.25, 0.3) is 0 Å².